The van der Waals surface area contributed by atoms with Gasteiger partial charge in [0.15, 0.2) is 0 Å². The van der Waals surface area contributed by atoms with E-state index in [2.05, 4.69) is 22.1 Å². The molecule has 0 radical (unpaired) electrons. The number of carbonyl (C=O) groups excluding carboxylic acids is 1. The minimum Gasteiger partial charge on any atom is -0.349 e. The molecule has 0 spiro atoms. The number of nitrogens with one attached hydrogen (secondary N) is 2. The van der Waals surface area contributed by atoms with Crippen LogP contribution in [-0.2, 0) is 4.79 Å². The number of carbonyl (C=O) groups is 1. The lowest BCUT2D eigenvalue weighted by atomic mass is 10.0. The van der Waals surface area contributed by atoms with Crippen LogP contribution in [0.4, 0.5) is 0 Å². The molecule has 2 saturated heterocycles. The monoisotopic (exact) mass is 251 g/mol. The largest absolute Gasteiger partial charge is 0.349 e. The van der Waals surface area contributed by atoms with Gasteiger partial charge in [-0.3, -0.25) is 9.69 Å². The van der Waals surface area contributed by atoms with Gasteiger partial charge in [-0.15, -0.1) is 6.58 Å². The van der Waals surface area contributed by atoms with Crippen molar-refractivity contribution in [2.24, 2.45) is 0 Å². The molecule has 0 aromatic rings. The maximum Gasteiger partial charge on any atom is 0.237 e. The van der Waals surface area contributed by atoms with Crippen LogP contribution in [0.2, 0.25) is 0 Å². The molecule has 0 aliphatic carbocycles. The lowest BCUT2D eigenvalue weighted by molar-refractivity contribution is -0.126. The second-order valence-corrected chi connectivity index (χ2v) is 5.41. The minimum atomic E-state index is 0.0629. The molecular formula is C14H25N3O. The molecule has 2 heterocycles. The third-order valence-electron chi connectivity index (χ3n) is 4.10. The Bertz CT molecular complexity index is 299. The maximum absolute atomic E-state index is 12.3. The summed E-state index contributed by atoms with van der Waals surface area (Å²) in [7, 11) is 0. The van der Waals surface area contributed by atoms with E-state index in [1.54, 1.807) is 6.08 Å². The molecule has 0 aromatic carbocycles. The predicted molar refractivity (Wildman–Crippen MR) is 73.4 cm³/mol. The van der Waals surface area contributed by atoms with E-state index in [1.165, 1.54) is 12.8 Å². The Balaban J connectivity index is 1.93. The summed E-state index contributed by atoms with van der Waals surface area (Å²) >= 11 is 0. The molecule has 2 rings (SSSR count). The summed E-state index contributed by atoms with van der Waals surface area (Å²) < 4.78 is 0. The lowest BCUT2D eigenvalue weighted by Crippen LogP contribution is -2.51. The average molecular weight is 251 g/mol. The molecule has 1 amide bonds. The Morgan fingerprint density at radius 1 is 1.44 bits per heavy atom. The number of rotatable bonds is 4. The van der Waals surface area contributed by atoms with Crippen molar-refractivity contribution in [2.75, 3.05) is 19.6 Å². The first-order valence-electron chi connectivity index (χ1n) is 7.11. The number of amides is 1. The van der Waals surface area contributed by atoms with Crippen LogP contribution < -0.4 is 10.6 Å². The molecule has 2 aliphatic heterocycles. The summed E-state index contributed by atoms with van der Waals surface area (Å²) in [6, 6.07) is 0.729. The second kappa shape index (κ2) is 6.34. The highest BCUT2D eigenvalue weighted by Crippen LogP contribution is 2.24. The fraction of sp³-hybridized carbons (Fsp3) is 0.786. The van der Waals surface area contributed by atoms with Crippen LogP contribution in [0.25, 0.3) is 0 Å². The number of piperidine rings is 1. The van der Waals surface area contributed by atoms with Crippen LogP contribution in [0.15, 0.2) is 12.7 Å². The van der Waals surface area contributed by atoms with Gasteiger partial charge in [0.25, 0.3) is 0 Å². The molecular weight excluding hydrogens is 226 g/mol. The van der Waals surface area contributed by atoms with E-state index in [9.17, 15) is 4.79 Å². The van der Waals surface area contributed by atoms with Gasteiger partial charge in [-0.25, -0.2) is 0 Å². The maximum atomic E-state index is 12.3. The highest BCUT2D eigenvalue weighted by atomic mass is 16.2. The van der Waals surface area contributed by atoms with Crippen molar-refractivity contribution in [2.45, 2.75) is 50.7 Å². The standard InChI is InChI=1S/C14H25N3O/c1-3-11(2)16-14(18)13-5-4-10-17(13)12-6-8-15-9-7-12/h3,11-13,15H,1,4-10H2,2H3,(H,16,18). The van der Waals surface area contributed by atoms with E-state index in [0.717, 1.165) is 32.5 Å². The Kier molecular flexibility index (Phi) is 4.78. The summed E-state index contributed by atoms with van der Waals surface area (Å²) in [6.45, 7) is 8.92. The van der Waals surface area contributed by atoms with Gasteiger partial charge in [0.2, 0.25) is 5.91 Å². The van der Waals surface area contributed by atoms with Crippen molar-refractivity contribution in [3.63, 3.8) is 0 Å². The number of nitrogens with zero attached hydrogens (tertiary/aromatic N) is 1. The molecule has 0 bridgehead atoms. The van der Waals surface area contributed by atoms with Crippen LogP contribution >= 0.6 is 0 Å². The van der Waals surface area contributed by atoms with Gasteiger partial charge in [0.1, 0.15) is 0 Å². The van der Waals surface area contributed by atoms with Gasteiger partial charge in [-0.1, -0.05) is 6.08 Å². The summed E-state index contributed by atoms with van der Waals surface area (Å²) in [5.74, 6) is 0.179. The molecule has 2 atom stereocenters. The first-order valence-corrected chi connectivity index (χ1v) is 7.11. The summed E-state index contributed by atoms with van der Waals surface area (Å²) in [5.41, 5.74) is 0. The normalized spacial score (nSPS) is 27.9. The van der Waals surface area contributed by atoms with Gasteiger partial charge in [0.05, 0.1) is 6.04 Å². The average Bonchev–Trinajstić information content (AvgIpc) is 2.88. The summed E-state index contributed by atoms with van der Waals surface area (Å²) in [5, 5.41) is 6.41. The van der Waals surface area contributed by atoms with Crippen LogP contribution in [0.3, 0.4) is 0 Å². The molecule has 2 N–H and O–H groups in total. The molecule has 0 aromatic heterocycles. The smallest absolute Gasteiger partial charge is 0.237 e. The van der Waals surface area contributed by atoms with Crippen LogP contribution in [-0.4, -0.2) is 48.6 Å². The van der Waals surface area contributed by atoms with E-state index in [1.807, 2.05) is 6.92 Å². The quantitative estimate of drug-likeness (QED) is 0.730. The number of hydrogen-bond donors (Lipinski definition) is 2. The predicted octanol–water partition coefficient (Wildman–Crippen LogP) is 0.894. The van der Waals surface area contributed by atoms with Gasteiger partial charge < -0.3 is 10.6 Å². The Hall–Kier alpha value is -0.870. The molecule has 4 nitrogen and oxygen atoms in total. The fourth-order valence-corrected chi connectivity index (χ4v) is 3.03. The molecule has 0 saturated carbocycles. The van der Waals surface area contributed by atoms with Crippen LogP contribution in [0.1, 0.15) is 32.6 Å². The molecule has 2 aliphatic rings. The van der Waals surface area contributed by atoms with Crippen molar-refractivity contribution in [1.82, 2.24) is 15.5 Å². The van der Waals surface area contributed by atoms with E-state index in [4.69, 9.17) is 0 Å². The third kappa shape index (κ3) is 3.12. The van der Waals surface area contributed by atoms with Crippen molar-refractivity contribution in [3.8, 4) is 0 Å². The SMILES string of the molecule is C=CC(C)NC(=O)C1CCCN1C1CCNCC1. The van der Waals surface area contributed by atoms with Gasteiger partial charge in [-0.2, -0.15) is 0 Å². The zero-order chi connectivity index (χ0) is 13.0. The van der Waals surface area contributed by atoms with E-state index < -0.39 is 0 Å². The van der Waals surface area contributed by atoms with E-state index in [-0.39, 0.29) is 18.0 Å². The fourth-order valence-electron chi connectivity index (χ4n) is 3.03. The third-order valence-corrected chi connectivity index (χ3v) is 4.10. The number of hydrogen-bond acceptors (Lipinski definition) is 3. The zero-order valence-corrected chi connectivity index (χ0v) is 11.3. The molecule has 18 heavy (non-hydrogen) atoms. The van der Waals surface area contributed by atoms with Crippen molar-refractivity contribution in [1.29, 1.82) is 0 Å². The van der Waals surface area contributed by atoms with Crippen molar-refractivity contribution < 1.29 is 4.79 Å². The Morgan fingerprint density at radius 2 is 2.17 bits per heavy atom. The zero-order valence-electron chi connectivity index (χ0n) is 11.3. The van der Waals surface area contributed by atoms with E-state index in [0.29, 0.717) is 6.04 Å². The Labute approximate surface area is 110 Å². The van der Waals surface area contributed by atoms with Gasteiger partial charge >= 0.3 is 0 Å². The van der Waals surface area contributed by atoms with Gasteiger partial charge in [-0.05, 0) is 52.2 Å². The Morgan fingerprint density at radius 3 is 2.83 bits per heavy atom. The molecule has 2 fully saturated rings. The molecule has 4 heteroatoms. The summed E-state index contributed by atoms with van der Waals surface area (Å²) in [4.78, 5) is 14.7. The summed E-state index contributed by atoms with van der Waals surface area (Å²) in [6.07, 6.45) is 6.26. The first-order chi connectivity index (χ1) is 8.72. The minimum absolute atomic E-state index is 0.0629. The van der Waals surface area contributed by atoms with E-state index >= 15 is 0 Å². The molecule has 102 valence electrons. The van der Waals surface area contributed by atoms with Crippen LogP contribution in [0.5, 0.6) is 0 Å². The van der Waals surface area contributed by atoms with Crippen molar-refractivity contribution in [3.05, 3.63) is 12.7 Å². The highest BCUT2D eigenvalue weighted by Gasteiger charge is 2.35. The second-order valence-electron chi connectivity index (χ2n) is 5.41. The molecule has 2 unspecified atom stereocenters. The lowest BCUT2D eigenvalue weighted by Gasteiger charge is -2.35. The number of likely N-dealkylation sites (tertiary alicyclic amines) is 1. The van der Waals surface area contributed by atoms with Crippen LogP contribution in [0, 0.1) is 0 Å². The van der Waals surface area contributed by atoms with Crippen molar-refractivity contribution >= 4 is 5.91 Å². The highest BCUT2D eigenvalue weighted by molar-refractivity contribution is 5.82. The topological polar surface area (TPSA) is 44.4 Å². The first kappa shape index (κ1) is 13.6. The van der Waals surface area contributed by atoms with Gasteiger partial charge in [0, 0.05) is 12.1 Å².